The number of anilines is 2. The number of carbonyl (C=O) groups excluding carboxylic acids is 2. The summed E-state index contributed by atoms with van der Waals surface area (Å²) in [6.07, 6.45) is 1.44. The lowest BCUT2D eigenvalue weighted by Crippen LogP contribution is -2.14. The molecule has 2 aromatic carbocycles. The fourth-order valence-corrected chi connectivity index (χ4v) is 2.41. The SMILES string of the molecule is CCC(=O)Nc1ccc(C(=O)Nc2ccccc2C(C)CC)cc1. The summed E-state index contributed by atoms with van der Waals surface area (Å²) in [4.78, 5) is 23.8. The minimum Gasteiger partial charge on any atom is -0.326 e. The van der Waals surface area contributed by atoms with Crippen LogP contribution in [-0.4, -0.2) is 11.8 Å². The van der Waals surface area contributed by atoms with E-state index in [1.165, 1.54) is 0 Å². The van der Waals surface area contributed by atoms with E-state index in [0.29, 0.717) is 23.6 Å². The molecule has 0 heterocycles. The molecule has 24 heavy (non-hydrogen) atoms. The molecule has 2 amide bonds. The number of rotatable bonds is 6. The van der Waals surface area contributed by atoms with Crippen LogP contribution >= 0.6 is 0 Å². The highest BCUT2D eigenvalue weighted by molar-refractivity contribution is 6.05. The van der Waals surface area contributed by atoms with E-state index < -0.39 is 0 Å². The molecule has 0 aliphatic carbocycles. The summed E-state index contributed by atoms with van der Waals surface area (Å²) in [6.45, 7) is 6.08. The fourth-order valence-electron chi connectivity index (χ4n) is 2.41. The summed E-state index contributed by atoms with van der Waals surface area (Å²) in [5.41, 5.74) is 3.24. The third-order valence-electron chi connectivity index (χ3n) is 4.10. The molecule has 0 spiro atoms. The van der Waals surface area contributed by atoms with Crippen molar-refractivity contribution in [2.45, 2.75) is 39.5 Å². The van der Waals surface area contributed by atoms with Gasteiger partial charge in [0.25, 0.3) is 5.91 Å². The lowest BCUT2D eigenvalue weighted by atomic mass is 9.97. The van der Waals surface area contributed by atoms with Gasteiger partial charge in [0, 0.05) is 23.4 Å². The first-order valence-corrected chi connectivity index (χ1v) is 8.35. The van der Waals surface area contributed by atoms with E-state index in [-0.39, 0.29) is 11.8 Å². The second kappa shape index (κ2) is 8.29. The van der Waals surface area contributed by atoms with Crippen molar-refractivity contribution in [3.05, 3.63) is 59.7 Å². The molecule has 2 rings (SSSR count). The van der Waals surface area contributed by atoms with Crippen LogP contribution < -0.4 is 10.6 Å². The van der Waals surface area contributed by atoms with E-state index >= 15 is 0 Å². The lowest BCUT2D eigenvalue weighted by Gasteiger charge is -2.15. The zero-order valence-electron chi connectivity index (χ0n) is 14.4. The first kappa shape index (κ1) is 17.7. The molecule has 1 atom stereocenters. The molecular formula is C20H24N2O2. The predicted molar refractivity (Wildman–Crippen MR) is 98.5 cm³/mol. The van der Waals surface area contributed by atoms with Crippen LogP contribution in [0.25, 0.3) is 0 Å². The van der Waals surface area contributed by atoms with Crippen LogP contribution in [0.5, 0.6) is 0 Å². The van der Waals surface area contributed by atoms with Crippen LogP contribution in [0.2, 0.25) is 0 Å². The average molecular weight is 324 g/mol. The summed E-state index contributed by atoms with van der Waals surface area (Å²) < 4.78 is 0. The van der Waals surface area contributed by atoms with Gasteiger partial charge in [-0.1, -0.05) is 39.0 Å². The molecular weight excluding hydrogens is 300 g/mol. The summed E-state index contributed by atoms with van der Waals surface area (Å²) in [6, 6.07) is 14.8. The quantitative estimate of drug-likeness (QED) is 0.802. The van der Waals surface area contributed by atoms with E-state index in [0.717, 1.165) is 17.7 Å². The molecule has 2 aromatic rings. The lowest BCUT2D eigenvalue weighted by molar-refractivity contribution is -0.115. The third-order valence-corrected chi connectivity index (χ3v) is 4.10. The highest BCUT2D eigenvalue weighted by Crippen LogP contribution is 2.27. The van der Waals surface area contributed by atoms with Gasteiger partial charge in [-0.25, -0.2) is 0 Å². The number of para-hydroxylation sites is 1. The van der Waals surface area contributed by atoms with Gasteiger partial charge in [0.05, 0.1) is 0 Å². The molecule has 0 aliphatic rings. The molecule has 0 saturated carbocycles. The summed E-state index contributed by atoms with van der Waals surface area (Å²) in [5, 5.41) is 5.76. The van der Waals surface area contributed by atoms with Crippen LogP contribution in [0.4, 0.5) is 11.4 Å². The molecule has 126 valence electrons. The maximum Gasteiger partial charge on any atom is 0.255 e. The number of nitrogens with one attached hydrogen (secondary N) is 2. The highest BCUT2D eigenvalue weighted by Gasteiger charge is 2.12. The van der Waals surface area contributed by atoms with Gasteiger partial charge in [-0.3, -0.25) is 9.59 Å². The zero-order valence-corrected chi connectivity index (χ0v) is 14.4. The van der Waals surface area contributed by atoms with E-state index in [2.05, 4.69) is 24.5 Å². The summed E-state index contributed by atoms with van der Waals surface area (Å²) >= 11 is 0. The highest BCUT2D eigenvalue weighted by atomic mass is 16.2. The van der Waals surface area contributed by atoms with Gasteiger partial charge in [0.2, 0.25) is 5.91 Å². The Morgan fingerprint density at radius 3 is 2.25 bits per heavy atom. The van der Waals surface area contributed by atoms with E-state index in [9.17, 15) is 9.59 Å². The van der Waals surface area contributed by atoms with Gasteiger partial charge in [0.15, 0.2) is 0 Å². The third kappa shape index (κ3) is 4.44. The molecule has 2 N–H and O–H groups in total. The standard InChI is InChI=1S/C20H24N2O2/c1-4-14(3)17-8-6-7-9-18(17)22-20(24)15-10-12-16(13-11-15)21-19(23)5-2/h6-14H,4-5H2,1-3H3,(H,21,23)(H,22,24). The average Bonchev–Trinajstić information content (AvgIpc) is 2.62. The number of hydrogen-bond donors (Lipinski definition) is 2. The molecule has 0 fully saturated rings. The number of benzene rings is 2. The number of amides is 2. The molecule has 0 radical (unpaired) electrons. The minimum atomic E-state index is -0.154. The molecule has 4 heteroatoms. The van der Waals surface area contributed by atoms with Crippen LogP contribution in [0, 0.1) is 0 Å². The monoisotopic (exact) mass is 324 g/mol. The Morgan fingerprint density at radius 1 is 0.958 bits per heavy atom. The smallest absolute Gasteiger partial charge is 0.255 e. The van der Waals surface area contributed by atoms with E-state index in [4.69, 9.17) is 0 Å². The second-order valence-electron chi connectivity index (χ2n) is 5.83. The van der Waals surface area contributed by atoms with Crippen LogP contribution in [0.15, 0.2) is 48.5 Å². The normalized spacial score (nSPS) is 11.6. The van der Waals surface area contributed by atoms with Gasteiger partial charge in [-0.2, -0.15) is 0 Å². The molecule has 4 nitrogen and oxygen atoms in total. The van der Waals surface area contributed by atoms with Crippen LogP contribution in [0.1, 0.15) is 55.5 Å². The second-order valence-corrected chi connectivity index (χ2v) is 5.83. The van der Waals surface area contributed by atoms with Crippen LogP contribution in [0.3, 0.4) is 0 Å². The molecule has 1 unspecified atom stereocenters. The number of carbonyl (C=O) groups is 2. The molecule has 0 aromatic heterocycles. The summed E-state index contributed by atoms with van der Waals surface area (Å²) in [7, 11) is 0. The Bertz CT molecular complexity index is 708. The van der Waals surface area contributed by atoms with Crippen molar-refractivity contribution >= 4 is 23.2 Å². The minimum absolute atomic E-state index is 0.0466. The Labute approximate surface area is 143 Å². The first-order chi connectivity index (χ1) is 11.5. The molecule has 0 aliphatic heterocycles. The fraction of sp³-hybridized carbons (Fsp3) is 0.300. The Morgan fingerprint density at radius 2 is 1.62 bits per heavy atom. The summed E-state index contributed by atoms with van der Waals surface area (Å²) in [5.74, 6) is 0.182. The maximum atomic E-state index is 12.5. The topological polar surface area (TPSA) is 58.2 Å². The van der Waals surface area contributed by atoms with Crippen molar-refractivity contribution < 1.29 is 9.59 Å². The Hall–Kier alpha value is -2.62. The van der Waals surface area contributed by atoms with Crippen molar-refractivity contribution in [2.24, 2.45) is 0 Å². The number of hydrogen-bond acceptors (Lipinski definition) is 2. The Kier molecular flexibility index (Phi) is 6.13. The van der Waals surface area contributed by atoms with E-state index in [1.807, 2.05) is 24.3 Å². The van der Waals surface area contributed by atoms with Crippen molar-refractivity contribution in [1.29, 1.82) is 0 Å². The molecule has 0 bridgehead atoms. The van der Waals surface area contributed by atoms with E-state index in [1.54, 1.807) is 31.2 Å². The first-order valence-electron chi connectivity index (χ1n) is 8.35. The van der Waals surface area contributed by atoms with Gasteiger partial charge >= 0.3 is 0 Å². The van der Waals surface area contributed by atoms with Gasteiger partial charge < -0.3 is 10.6 Å². The maximum absolute atomic E-state index is 12.5. The van der Waals surface area contributed by atoms with Crippen LogP contribution in [-0.2, 0) is 4.79 Å². The van der Waals surface area contributed by atoms with Crippen molar-refractivity contribution in [3.63, 3.8) is 0 Å². The molecule has 0 saturated heterocycles. The Balaban J connectivity index is 2.12. The van der Waals surface area contributed by atoms with Gasteiger partial charge in [-0.15, -0.1) is 0 Å². The van der Waals surface area contributed by atoms with Gasteiger partial charge in [0.1, 0.15) is 0 Å². The van der Waals surface area contributed by atoms with Crippen molar-refractivity contribution in [2.75, 3.05) is 10.6 Å². The zero-order chi connectivity index (χ0) is 17.5. The van der Waals surface area contributed by atoms with Crippen molar-refractivity contribution in [3.8, 4) is 0 Å². The predicted octanol–water partition coefficient (Wildman–Crippen LogP) is 4.80. The van der Waals surface area contributed by atoms with Crippen molar-refractivity contribution in [1.82, 2.24) is 0 Å². The van der Waals surface area contributed by atoms with Gasteiger partial charge in [-0.05, 0) is 48.2 Å². The largest absolute Gasteiger partial charge is 0.326 e.